The van der Waals surface area contributed by atoms with Gasteiger partial charge >= 0.3 is 0 Å². The molecule has 0 aromatic carbocycles. The van der Waals surface area contributed by atoms with Gasteiger partial charge in [0.05, 0.1) is 43.7 Å². The molecule has 0 aromatic rings. The Labute approximate surface area is 139 Å². The summed E-state index contributed by atoms with van der Waals surface area (Å²) in [5.74, 6) is -0.759. The van der Waals surface area contributed by atoms with Crippen LogP contribution in [-0.4, -0.2) is 111 Å². The summed E-state index contributed by atoms with van der Waals surface area (Å²) in [5.41, 5.74) is 0. The van der Waals surface area contributed by atoms with Crippen LogP contribution in [0.3, 0.4) is 0 Å². The third-order valence-electron chi connectivity index (χ3n) is 4.94. The molecule has 2 fully saturated rings. The van der Waals surface area contributed by atoms with Gasteiger partial charge in [0.25, 0.3) is 0 Å². The molecule has 0 aromatic heterocycles. The summed E-state index contributed by atoms with van der Waals surface area (Å²) in [6.45, 7) is -0.894. The Bertz CT molecular complexity index is 396. The van der Waals surface area contributed by atoms with Gasteiger partial charge in [-0.05, 0) is 6.42 Å². The van der Waals surface area contributed by atoms with Gasteiger partial charge in [-0.25, -0.2) is 0 Å². The minimum Gasteiger partial charge on any atom is -0.395 e. The van der Waals surface area contributed by atoms with E-state index in [4.69, 9.17) is 9.47 Å². The molecule has 2 aliphatic rings. The highest BCUT2D eigenvalue weighted by atomic mass is 16.7. The SMILES string of the molecule is CO[C@H]1O[C@H](CO)[C@@H](C[C@@H]2N[C@H](CO)[C@H](O)[C@H](O)[C@H]2O)[C@H](O)[C@H]1O. The molecule has 0 spiro atoms. The monoisotopic (exact) mass is 353 g/mol. The molecular formula is C14H27NO9. The molecule has 10 atom stereocenters. The van der Waals surface area contributed by atoms with Crippen LogP contribution in [0.25, 0.3) is 0 Å². The zero-order chi connectivity index (χ0) is 18.0. The quantitative estimate of drug-likeness (QED) is 0.241. The second-order valence-electron chi connectivity index (χ2n) is 6.38. The van der Waals surface area contributed by atoms with E-state index in [1.54, 1.807) is 0 Å². The first-order valence-electron chi connectivity index (χ1n) is 7.92. The van der Waals surface area contributed by atoms with E-state index in [2.05, 4.69) is 5.32 Å². The Balaban J connectivity index is 2.12. The molecule has 2 aliphatic heterocycles. The van der Waals surface area contributed by atoms with Crippen LogP contribution >= 0.6 is 0 Å². The van der Waals surface area contributed by atoms with Gasteiger partial charge in [0, 0.05) is 19.1 Å². The fraction of sp³-hybridized carbons (Fsp3) is 1.00. The zero-order valence-electron chi connectivity index (χ0n) is 13.3. The molecule has 0 saturated carbocycles. The highest BCUT2D eigenvalue weighted by Gasteiger charge is 2.48. The highest BCUT2D eigenvalue weighted by molar-refractivity contribution is 5.01. The molecule has 2 saturated heterocycles. The van der Waals surface area contributed by atoms with E-state index in [1.807, 2.05) is 0 Å². The smallest absolute Gasteiger partial charge is 0.186 e. The first-order chi connectivity index (χ1) is 11.3. The second kappa shape index (κ2) is 8.32. The van der Waals surface area contributed by atoms with Gasteiger partial charge in [-0.1, -0.05) is 0 Å². The minimum absolute atomic E-state index is 0.0291. The molecule has 8 N–H and O–H groups in total. The van der Waals surface area contributed by atoms with Crippen molar-refractivity contribution in [1.82, 2.24) is 5.32 Å². The Morgan fingerprint density at radius 3 is 2.00 bits per heavy atom. The van der Waals surface area contributed by atoms with Gasteiger partial charge in [0.2, 0.25) is 0 Å². The normalized spacial score (nSPS) is 50.0. The number of aliphatic hydroxyl groups excluding tert-OH is 7. The van der Waals surface area contributed by atoms with Gasteiger partial charge in [0.15, 0.2) is 6.29 Å². The molecule has 10 heteroatoms. The molecule has 0 unspecified atom stereocenters. The number of aliphatic hydroxyl groups is 7. The number of rotatable bonds is 5. The first kappa shape index (κ1) is 19.9. The molecular weight excluding hydrogens is 326 g/mol. The summed E-state index contributed by atoms with van der Waals surface area (Å²) in [7, 11) is 1.30. The summed E-state index contributed by atoms with van der Waals surface area (Å²) in [6.07, 6.45) is -8.70. The van der Waals surface area contributed by atoms with Crippen LogP contribution in [0.2, 0.25) is 0 Å². The van der Waals surface area contributed by atoms with Crippen LogP contribution in [0.4, 0.5) is 0 Å². The average Bonchev–Trinajstić information content (AvgIpc) is 2.59. The number of hydrogen-bond acceptors (Lipinski definition) is 10. The molecule has 0 bridgehead atoms. The van der Waals surface area contributed by atoms with E-state index in [0.29, 0.717) is 0 Å². The van der Waals surface area contributed by atoms with Crippen molar-refractivity contribution >= 4 is 0 Å². The lowest BCUT2D eigenvalue weighted by atomic mass is 9.79. The van der Waals surface area contributed by atoms with Crippen LogP contribution < -0.4 is 5.32 Å². The Kier molecular flexibility index (Phi) is 6.90. The van der Waals surface area contributed by atoms with Crippen molar-refractivity contribution in [3.8, 4) is 0 Å². The molecule has 10 nitrogen and oxygen atoms in total. The van der Waals surface area contributed by atoms with Crippen molar-refractivity contribution in [1.29, 1.82) is 0 Å². The van der Waals surface area contributed by atoms with E-state index in [1.165, 1.54) is 7.11 Å². The van der Waals surface area contributed by atoms with Gasteiger partial charge in [-0.3, -0.25) is 0 Å². The maximum atomic E-state index is 10.3. The lowest BCUT2D eigenvalue weighted by Crippen LogP contribution is -2.67. The summed E-state index contributed by atoms with van der Waals surface area (Å²) >= 11 is 0. The maximum Gasteiger partial charge on any atom is 0.186 e. The Morgan fingerprint density at radius 2 is 1.46 bits per heavy atom. The van der Waals surface area contributed by atoms with Gasteiger partial charge < -0.3 is 50.5 Å². The summed E-state index contributed by atoms with van der Waals surface area (Å²) in [4.78, 5) is 0. The Morgan fingerprint density at radius 1 is 0.833 bits per heavy atom. The molecule has 142 valence electrons. The number of hydrogen-bond donors (Lipinski definition) is 8. The van der Waals surface area contributed by atoms with Crippen LogP contribution in [0, 0.1) is 5.92 Å². The zero-order valence-corrected chi connectivity index (χ0v) is 13.3. The fourth-order valence-electron chi connectivity index (χ4n) is 3.46. The van der Waals surface area contributed by atoms with Crippen molar-refractivity contribution in [3.05, 3.63) is 0 Å². The van der Waals surface area contributed by atoms with Crippen LogP contribution in [0.15, 0.2) is 0 Å². The van der Waals surface area contributed by atoms with Crippen molar-refractivity contribution in [3.63, 3.8) is 0 Å². The van der Waals surface area contributed by atoms with E-state index < -0.39 is 74.1 Å². The van der Waals surface area contributed by atoms with Gasteiger partial charge in [0.1, 0.15) is 12.2 Å². The minimum atomic E-state index is -1.47. The standard InChI is InChI=1S/C14H27NO9/c1-23-14-13(22)9(18)5(8(4-17)24-14)2-6-10(19)12(21)11(20)7(3-16)15-6/h5-22H,2-4H2,1H3/t5-,6+,7-,8-,9+,10+,11+,12-,13-,14+/m1/s1. The fourth-order valence-corrected chi connectivity index (χ4v) is 3.46. The van der Waals surface area contributed by atoms with E-state index in [9.17, 15) is 35.7 Å². The average molecular weight is 353 g/mol. The van der Waals surface area contributed by atoms with Crippen molar-refractivity contribution < 1.29 is 45.2 Å². The molecule has 24 heavy (non-hydrogen) atoms. The van der Waals surface area contributed by atoms with Crippen LogP contribution in [0.1, 0.15) is 6.42 Å². The second-order valence-corrected chi connectivity index (χ2v) is 6.38. The van der Waals surface area contributed by atoms with Crippen molar-refractivity contribution in [2.45, 2.75) is 61.4 Å². The number of nitrogens with one attached hydrogen (secondary N) is 1. The lowest BCUT2D eigenvalue weighted by molar-refractivity contribution is -0.285. The predicted octanol–water partition coefficient (Wildman–Crippen LogP) is -4.51. The largest absolute Gasteiger partial charge is 0.395 e. The first-order valence-corrected chi connectivity index (χ1v) is 7.92. The number of piperidine rings is 1. The topological polar surface area (TPSA) is 172 Å². The van der Waals surface area contributed by atoms with E-state index >= 15 is 0 Å². The number of ether oxygens (including phenoxy) is 2. The number of methoxy groups -OCH3 is 1. The van der Waals surface area contributed by atoms with Gasteiger partial charge in [-0.2, -0.15) is 0 Å². The molecule has 2 rings (SSSR count). The highest BCUT2D eigenvalue weighted by Crippen LogP contribution is 2.32. The maximum absolute atomic E-state index is 10.3. The van der Waals surface area contributed by atoms with E-state index in [0.717, 1.165) is 0 Å². The molecule has 0 radical (unpaired) electrons. The van der Waals surface area contributed by atoms with E-state index in [-0.39, 0.29) is 6.42 Å². The van der Waals surface area contributed by atoms with Crippen molar-refractivity contribution in [2.75, 3.05) is 20.3 Å². The van der Waals surface area contributed by atoms with Crippen LogP contribution in [0.5, 0.6) is 0 Å². The third kappa shape index (κ3) is 3.73. The molecule has 0 aliphatic carbocycles. The van der Waals surface area contributed by atoms with Crippen LogP contribution in [-0.2, 0) is 9.47 Å². The summed E-state index contributed by atoms with van der Waals surface area (Å²) < 4.78 is 10.3. The summed E-state index contributed by atoms with van der Waals surface area (Å²) in [6, 6.07) is -1.64. The summed E-state index contributed by atoms with van der Waals surface area (Å²) in [5, 5.41) is 71.7. The molecule has 0 amide bonds. The van der Waals surface area contributed by atoms with Gasteiger partial charge in [-0.15, -0.1) is 0 Å². The lowest BCUT2D eigenvalue weighted by Gasteiger charge is -2.46. The Hall–Kier alpha value is -0.400. The predicted molar refractivity (Wildman–Crippen MR) is 78.7 cm³/mol. The third-order valence-corrected chi connectivity index (χ3v) is 4.94. The van der Waals surface area contributed by atoms with Crippen molar-refractivity contribution in [2.24, 2.45) is 5.92 Å². The molecule has 2 heterocycles.